The molecule has 1 aromatic heterocycles. The number of carbonyl (C=O) groups excluding carboxylic acids is 1. The van der Waals surface area contributed by atoms with E-state index < -0.39 is 12.1 Å². The normalized spacial score (nSPS) is 14.4. The molecule has 2 heterocycles. The van der Waals surface area contributed by atoms with Crippen molar-refractivity contribution in [1.82, 2.24) is 24.8 Å². The predicted octanol–water partition coefficient (Wildman–Crippen LogP) is 3.16. The molecular formula is C21H29F3N6O4. The molecule has 34 heavy (non-hydrogen) atoms. The number of alkyl halides is 3. The van der Waals surface area contributed by atoms with Crippen molar-refractivity contribution in [2.24, 2.45) is 0 Å². The number of ether oxygens (including phenoxy) is 1. The zero-order valence-corrected chi connectivity index (χ0v) is 19.5. The molecule has 0 spiro atoms. The highest BCUT2D eigenvalue weighted by molar-refractivity contribution is 5.90. The minimum Gasteiger partial charge on any atom is -0.497 e. The highest BCUT2D eigenvalue weighted by Crippen LogP contribution is 2.24. The molecule has 1 aromatic carbocycles. The molecule has 0 radical (unpaired) electrons. The van der Waals surface area contributed by atoms with Gasteiger partial charge in [-0.1, -0.05) is 5.21 Å². The topological polar surface area (TPSA) is 113 Å². The first-order chi connectivity index (χ1) is 15.9. The molecule has 0 aliphatic carbocycles. The second-order valence-corrected chi connectivity index (χ2v) is 8.06. The number of piperidine rings is 1. The standard InChI is InChI=1S/C19H28N6O2.C2HF3O2/c1-14-11-17(27-4)5-6-18(14)20-19(26)24-9-7-16(8-10-24)25-13-15(21-22-25)12-23(2)3;3-2(4,5)1(6)7/h5-6,11,13,16H,7-10,12H2,1-4H3,(H,20,26);(H,6,7). The number of nitrogens with zero attached hydrogens (tertiary/aromatic N) is 5. The van der Waals surface area contributed by atoms with Gasteiger partial charge in [0.05, 0.1) is 25.0 Å². The number of urea groups is 1. The Morgan fingerprint density at radius 3 is 2.38 bits per heavy atom. The molecule has 0 bridgehead atoms. The van der Waals surface area contributed by atoms with Gasteiger partial charge in [-0.25, -0.2) is 14.3 Å². The summed E-state index contributed by atoms with van der Waals surface area (Å²) < 4.78 is 38.9. The number of halogens is 3. The highest BCUT2D eigenvalue weighted by Gasteiger charge is 2.38. The van der Waals surface area contributed by atoms with Gasteiger partial charge in [0.2, 0.25) is 0 Å². The van der Waals surface area contributed by atoms with Crippen LogP contribution in [0.2, 0.25) is 0 Å². The zero-order chi connectivity index (χ0) is 25.5. The van der Waals surface area contributed by atoms with Gasteiger partial charge in [-0.05, 0) is 57.6 Å². The summed E-state index contributed by atoms with van der Waals surface area (Å²) >= 11 is 0. The molecule has 1 aliphatic heterocycles. The largest absolute Gasteiger partial charge is 0.497 e. The number of aromatic nitrogens is 3. The number of aryl methyl sites for hydroxylation is 1. The first-order valence-corrected chi connectivity index (χ1v) is 10.5. The Morgan fingerprint density at radius 2 is 1.88 bits per heavy atom. The van der Waals surface area contributed by atoms with E-state index in [-0.39, 0.29) is 6.03 Å². The quantitative estimate of drug-likeness (QED) is 0.668. The number of carboxylic acids is 1. The van der Waals surface area contributed by atoms with Crippen LogP contribution in [0.3, 0.4) is 0 Å². The summed E-state index contributed by atoms with van der Waals surface area (Å²) in [5.41, 5.74) is 2.76. The fraction of sp³-hybridized carbons (Fsp3) is 0.524. The Kier molecular flexibility index (Phi) is 9.24. The monoisotopic (exact) mass is 486 g/mol. The summed E-state index contributed by atoms with van der Waals surface area (Å²) in [5.74, 6) is -1.97. The van der Waals surface area contributed by atoms with Gasteiger partial charge in [0, 0.05) is 25.3 Å². The average Bonchev–Trinajstić information content (AvgIpc) is 3.22. The summed E-state index contributed by atoms with van der Waals surface area (Å²) in [5, 5.41) is 18.6. The summed E-state index contributed by atoms with van der Waals surface area (Å²) in [4.78, 5) is 25.4. The van der Waals surface area contributed by atoms with Gasteiger partial charge in [0.1, 0.15) is 5.75 Å². The van der Waals surface area contributed by atoms with Crippen LogP contribution in [0.25, 0.3) is 0 Å². The number of carbonyl (C=O) groups is 2. The number of aliphatic carboxylic acids is 1. The smallest absolute Gasteiger partial charge is 0.490 e. The number of rotatable bonds is 5. The SMILES string of the molecule is COc1ccc(NC(=O)N2CCC(n3cc(CN(C)C)nn3)CC2)c(C)c1.O=C(O)C(F)(F)F. The predicted molar refractivity (Wildman–Crippen MR) is 118 cm³/mol. The van der Waals surface area contributed by atoms with E-state index in [0.29, 0.717) is 19.1 Å². The second kappa shape index (κ2) is 11.7. The van der Waals surface area contributed by atoms with Crippen molar-refractivity contribution in [3.05, 3.63) is 35.7 Å². The molecular weight excluding hydrogens is 457 g/mol. The lowest BCUT2D eigenvalue weighted by Crippen LogP contribution is -2.41. The van der Waals surface area contributed by atoms with Crippen LogP contribution in [-0.4, -0.2) is 82.4 Å². The van der Waals surface area contributed by atoms with Gasteiger partial charge in [-0.15, -0.1) is 5.10 Å². The van der Waals surface area contributed by atoms with Crippen LogP contribution in [0.4, 0.5) is 23.7 Å². The number of anilines is 1. The summed E-state index contributed by atoms with van der Waals surface area (Å²) in [7, 11) is 5.66. The van der Waals surface area contributed by atoms with Crippen LogP contribution in [0.1, 0.15) is 30.1 Å². The molecule has 3 rings (SSSR count). The Bertz CT molecular complexity index is 972. The van der Waals surface area contributed by atoms with E-state index >= 15 is 0 Å². The molecule has 0 saturated carbocycles. The minimum absolute atomic E-state index is 0.0615. The Balaban J connectivity index is 0.000000509. The second-order valence-electron chi connectivity index (χ2n) is 8.06. The fourth-order valence-corrected chi connectivity index (χ4v) is 3.32. The Hall–Kier alpha value is -3.35. The van der Waals surface area contributed by atoms with Crippen molar-refractivity contribution in [2.75, 3.05) is 39.6 Å². The summed E-state index contributed by atoms with van der Waals surface area (Å²) in [6.07, 6.45) is -1.32. The summed E-state index contributed by atoms with van der Waals surface area (Å²) in [6.45, 7) is 4.14. The number of hydrogen-bond donors (Lipinski definition) is 2. The maximum absolute atomic E-state index is 12.6. The van der Waals surface area contributed by atoms with Gasteiger partial charge < -0.3 is 25.0 Å². The third-order valence-electron chi connectivity index (χ3n) is 5.08. The van der Waals surface area contributed by atoms with E-state index in [1.54, 1.807) is 7.11 Å². The minimum atomic E-state index is -5.08. The molecule has 0 unspecified atom stereocenters. The van der Waals surface area contributed by atoms with E-state index in [2.05, 4.69) is 20.5 Å². The van der Waals surface area contributed by atoms with Crippen LogP contribution in [0.5, 0.6) is 5.75 Å². The Morgan fingerprint density at radius 1 is 1.26 bits per heavy atom. The molecule has 10 nitrogen and oxygen atoms in total. The van der Waals surface area contributed by atoms with E-state index in [0.717, 1.165) is 42.1 Å². The van der Waals surface area contributed by atoms with Crippen molar-refractivity contribution in [1.29, 1.82) is 0 Å². The molecule has 13 heteroatoms. The molecule has 2 aromatic rings. The van der Waals surface area contributed by atoms with Gasteiger partial charge in [0.15, 0.2) is 0 Å². The number of amides is 2. The van der Waals surface area contributed by atoms with Gasteiger partial charge >= 0.3 is 18.2 Å². The molecule has 1 fully saturated rings. The van der Waals surface area contributed by atoms with Crippen molar-refractivity contribution >= 4 is 17.7 Å². The van der Waals surface area contributed by atoms with Crippen LogP contribution < -0.4 is 10.1 Å². The molecule has 188 valence electrons. The lowest BCUT2D eigenvalue weighted by atomic mass is 10.1. The van der Waals surface area contributed by atoms with Crippen molar-refractivity contribution in [2.45, 2.75) is 38.5 Å². The van der Waals surface area contributed by atoms with Gasteiger partial charge in [-0.3, -0.25) is 0 Å². The summed E-state index contributed by atoms with van der Waals surface area (Å²) in [6, 6.07) is 5.87. The van der Waals surface area contributed by atoms with Crippen molar-refractivity contribution in [3.63, 3.8) is 0 Å². The van der Waals surface area contributed by atoms with E-state index in [1.165, 1.54) is 0 Å². The van der Waals surface area contributed by atoms with Crippen LogP contribution in [0, 0.1) is 6.92 Å². The lowest BCUT2D eigenvalue weighted by Gasteiger charge is -2.32. The average molecular weight is 486 g/mol. The molecule has 2 N–H and O–H groups in total. The van der Waals surface area contributed by atoms with E-state index in [1.807, 2.05) is 55.0 Å². The lowest BCUT2D eigenvalue weighted by molar-refractivity contribution is -0.192. The number of hydrogen-bond acceptors (Lipinski definition) is 6. The first kappa shape index (κ1) is 26.9. The van der Waals surface area contributed by atoms with E-state index in [9.17, 15) is 18.0 Å². The molecule has 1 saturated heterocycles. The van der Waals surface area contributed by atoms with Crippen molar-refractivity contribution < 1.29 is 32.6 Å². The van der Waals surface area contributed by atoms with Crippen molar-refractivity contribution in [3.8, 4) is 5.75 Å². The molecule has 1 aliphatic rings. The van der Waals surface area contributed by atoms with Gasteiger partial charge in [0.25, 0.3) is 0 Å². The molecule has 2 amide bonds. The number of nitrogens with one attached hydrogen (secondary N) is 1. The number of likely N-dealkylation sites (tertiary alicyclic amines) is 1. The number of carboxylic acid groups (broad SMARTS) is 1. The van der Waals surface area contributed by atoms with Crippen LogP contribution in [0.15, 0.2) is 24.4 Å². The number of benzene rings is 1. The highest BCUT2D eigenvalue weighted by atomic mass is 19.4. The third-order valence-corrected chi connectivity index (χ3v) is 5.08. The van der Waals surface area contributed by atoms with E-state index in [4.69, 9.17) is 14.6 Å². The maximum atomic E-state index is 12.6. The van der Waals surface area contributed by atoms with Crippen LogP contribution >= 0.6 is 0 Å². The Labute approximate surface area is 195 Å². The van der Waals surface area contributed by atoms with Crippen LogP contribution in [-0.2, 0) is 11.3 Å². The molecule has 0 atom stereocenters. The van der Waals surface area contributed by atoms with Gasteiger partial charge in [-0.2, -0.15) is 13.2 Å². The third kappa shape index (κ3) is 7.90. The fourth-order valence-electron chi connectivity index (χ4n) is 3.32. The number of methoxy groups -OCH3 is 1. The maximum Gasteiger partial charge on any atom is 0.490 e. The zero-order valence-electron chi connectivity index (χ0n) is 19.5. The first-order valence-electron chi connectivity index (χ1n) is 10.5.